The van der Waals surface area contributed by atoms with Crippen LogP contribution in [-0.2, 0) is 10.0 Å². The molecule has 0 spiro atoms. The molecule has 0 aliphatic carbocycles. The summed E-state index contributed by atoms with van der Waals surface area (Å²) in [5, 5.41) is 3.13. The first-order valence-corrected chi connectivity index (χ1v) is 17.1. The Balaban J connectivity index is 0.00000120. The maximum absolute atomic E-state index is 13.7. The molecular weight excluding hydrogens is 619 g/mol. The van der Waals surface area contributed by atoms with Crippen molar-refractivity contribution < 1.29 is 26.8 Å². The van der Waals surface area contributed by atoms with E-state index in [1.807, 2.05) is 74.7 Å². The number of ether oxygens (including phenoxy) is 1. The SMILES string of the molecule is CC.CC.CNC(=O)c1c(-c2ccc(F)cc2)oc2cc(N(C)S(C)(=O)=O)c(-c3ccc4ncn(-c5ccc(OC)cc5)c4c3)cc12. The highest BCUT2D eigenvalue weighted by Crippen LogP contribution is 2.42. The van der Waals surface area contributed by atoms with E-state index in [1.54, 1.807) is 25.6 Å². The summed E-state index contributed by atoms with van der Waals surface area (Å²) in [4.78, 5) is 17.7. The van der Waals surface area contributed by atoms with Crippen molar-refractivity contribution >= 4 is 43.6 Å². The average Bonchev–Trinajstić information content (AvgIpc) is 3.70. The first-order chi connectivity index (χ1) is 22.6. The number of sulfonamides is 1. The Labute approximate surface area is 274 Å². The number of carbonyl (C=O) groups excluding carboxylic acids is 1. The molecule has 2 heterocycles. The number of rotatable bonds is 7. The lowest BCUT2D eigenvalue weighted by Gasteiger charge is -2.21. The van der Waals surface area contributed by atoms with Crippen molar-refractivity contribution in [3.8, 4) is 33.9 Å². The summed E-state index contributed by atoms with van der Waals surface area (Å²) in [6, 6.07) is 22.2. The molecular formula is C36H39FN4O5S. The van der Waals surface area contributed by atoms with Crippen molar-refractivity contribution in [2.24, 2.45) is 0 Å². The van der Waals surface area contributed by atoms with Gasteiger partial charge in [0.2, 0.25) is 10.0 Å². The molecule has 11 heteroatoms. The summed E-state index contributed by atoms with van der Waals surface area (Å²) in [7, 11) is 0.893. The quantitative estimate of drug-likeness (QED) is 0.186. The second-order valence-electron chi connectivity index (χ2n) is 10.0. The lowest BCUT2D eigenvalue weighted by atomic mass is 9.98. The van der Waals surface area contributed by atoms with Gasteiger partial charge in [-0.1, -0.05) is 33.8 Å². The lowest BCUT2D eigenvalue weighted by Crippen LogP contribution is -2.25. The van der Waals surface area contributed by atoms with E-state index in [0.29, 0.717) is 33.3 Å². The highest BCUT2D eigenvalue weighted by molar-refractivity contribution is 7.92. The molecule has 2 aromatic heterocycles. The maximum Gasteiger partial charge on any atom is 0.255 e. The van der Waals surface area contributed by atoms with E-state index in [1.165, 1.54) is 42.7 Å². The lowest BCUT2D eigenvalue weighted by molar-refractivity contribution is 0.0964. The van der Waals surface area contributed by atoms with Gasteiger partial charge in [0, 0.05) is 42.4 Å². The van der Waals surface area contributed by atoms with Crippen LogP contribution in [0.1, 0.15) is 38.1 Å². The molecule has 0 saturated carbocycles. The van der Waals surface area contributed by atoms with E-state index in [9.17, 15) is 17.6 Å². The predicted molar refractivity (Wildman–Crippen MR) is 188 cm³/mol. The highest BCUT2D eigenvalue weighted by Gasteiger charge is 2.26. The number of nitrogens with one attached hydrogen (secondary N) is 1. The van der Waals surface area contributed by atoms with E-state index in [4.69, 9.17) is 9.15 Å². The van der Waals surface area contributed by atoms with Crippen molar-refractivity contribution in [1.29, 1.82) is 0 Å². The topological polar surface area (TPSA) is 107 Å². The molecule has 0 unspecified atom stereocenters. The minimum atomic E-state index is -3.68. The molecule has 1 amide bonds. The Kier molecular flexibility index (Phi) is 10.7. The summed E-state index contributed by atoms with van der Waals surface area (Å²) in [6.07, 6.45) is 2.84. The van der Waals surface area contributed by atoms with Crippen LogP contribution < -0.4 is 14.4 Å². The second-order valence-corrected chi connectivity index (χ2v) is 12.0. The summed E-state index contributed by atoms with van der Waals surface area (Å²) >= 11 is 0. The van der Waals surface area contributed by atoms with Crippen LogP contribution in [0.3, 0.4) is 0 Å². The third kappa shape index (κ3) is 6.85. The minimum absolute atomic E-state index is 0.243. The monoisotopic (exact) mass is 658 g/mol. The zero-order chi connectivity index (χ0) is 34.5. The van der Waals surface area contributed by atoms with Gasteiger partial charge in [0.1, 0.15) is 29.2 Å². The second kappa shape index (κ2) is 14.5. The summed E-state index contributed by atoms with van der Waals surface area (Å²) in [5.41, 5.74) is 5.06. The number of benzene rings is 4. The number of imidazole rings is 1. The van der Waals surface area contributed by atoms with Gasteiger partial charge in [-0.05, 0) is 72.3 Å². The number of hydrogen-bond acceptors (Lipinski definition) is 6. The number of carbonyl (C=O) groups is 1. The van der Waals surface area contributed by atoms with E-state index < -0.39 is 21.7 Å². The fourth-order valence-corrected chi connectivity index (χ4v) is 5.59. The van der Waals surface area contributed by atoms with E-state index in [0.717, 1.165) is 28.7 Å². The van der Waals surface area contributed by atoms with Crippen molar-refractivity contribution in [3.05, 3.63) is 96.6 Å². The molecule has 4 aromatic carbocycles. The van der Waals surface area contributed by atoms with Gasteiger partial charge in [-0.2, -0.15) is 0 Å². The number of aromatic nitrogens is 2. The van der Waals surface area contributed by atoms with Crippen molar-refractivity contribution in [2.45, 2.75) is 27.7 Å². The molecule has 246 valence electrons. The van der Waals surface area contributed by atoms with Gasteiger partial charge >= 0.3 is 0 Å². The molecule has 0 fully saturated rings. The molecule has 47 heavy (non-hydrogen) atoms. The molecule has 6 rings (SSSR count). The normalized spacial score (nSPS) is 10.9. The first-order valence-electron chi connectivity index (χ1n) is 15.2. The number of furan rings is 1. The number of amides is 1. The van der Waals surface area contributed by atoms with Crippen LogP contribution in [0.25, 0.3) is 50.1 Å². The summed E-state index contributed by atoms with van der Waals surface area (Å²) in [5.74, 6) is 0.140. The minimum Gasteiger partial charge on any atom is -0.497 e. The van der Waals surface area contributed by atoms with Crippen molar-refractivity contribution in [2.75, 3.05) is 31.8 Å². The summed E-state index contributed by atoms with van der Waals surface area (Å²) < 4.78 is 53.8. The van der Waals surface area contributed by atoms with Gasteiger partial charge in [0.25, 0.3) is 5.91 Å². The molecule has 1 N–H and O–H groups in total. The van der Waals surface area contributed by atoms with Crippen LogP contribution in [0.4, 0.5) is 10.1 Å². The average molecular weight is 659 g/mol. The van der Waals surface area contributed by atoms with Crippen LogP contribution in [0.15, 0.2) is 89.6 Å². The third-order valence-electron chi connectivity index (χ3n) is 7.41. The fourth-order valence-electron chi connectivity index (χ4n) is 5.08. The van der Waals surface area contributed by atoms with Gasteiger partial charge < -0.3 is 14.5 Å². The number of fused-ring (bicyclic) bond motifs is 2. The molecule has 9 nitrogen and oxygen atoms in total. The van der Waals surface area contributed by atoms with Crippen LogP contribution >= 0.6 is 0 Å². The standard InChI is InChI=1S/C32H27FN4O5S.2C2H6/c1-34-32(38)30-25-16-24(20-7-14-26-28(15-20)37(18-35-26)22-10-12-23(41-3)13-11-22)27(36(2)43(4,39)40)17-29(25)42-31(30)19-5-8-21(33)9-6-19;2*1-2/h5-18H,1-4H3,(H,34,38);2*1-2H3. The predicted octanol–water partition coefficient (Wildman–Crippen LogP) is 8.06. The maximum atomic E-state index is 13.7. The van der Waals surface area contributed by atoms with Crippen LogP contribution in [0.5, 0.6) is 5.75 Å². The Hall–Kier alpha value is -5.16. The molecule has 0 radical (unpaired) electrons. The zero-order valence-corrected chi connectivity index (χ0v) is 28.6. The Morgan fingerprint density at radius 3 is 2.17 bits per heavy atom. The Bertz CT molecular complexity index is 2120. The summed E-state index contributed by atoms with van der Waals surface area (Å²) in [6.45, 7) is 8.00. The van der Waals surface area contributed by atoms with Gasteiger partial charge in [0.15, 0.2) is 0 Å². The van der Waals surface area contributed by atoms with Crippen LogP contribution in [0, 0.1) is 5.82 Å². The molecule has 0 saturated heterocycles. The number of nitrogens with zero attached hydrogens (tertiary/aromatic N) is 3. The first kappa shape index (κ1) is 34.7. The van der Waals surface area contributed by atoms with Gasteiger partial charge in [-0.3, -0.25) is 13.7 Å². The van der Waals surface area contributed by atoms with Gasteiger partial charge in [0.05, 0.1) is 35.6 Å². The van der Waals surface area contributed by atoms with E-state index >= 15 is 0 Å². The zero-order valence-electron chi connectivity index (χ0n) is 27.8. The van der Waals surface area contributed by atoms with Crippen molar-refractivity contribution in [1.82, 2.24) is 14.9 Å². The number of anilines is 1. The highest BCUT2D eigenvalue weighted by atomic mass is 32.2. The molecule has 0 bridgehead atoms. The molecule has 6 aromatic rings. The van der Waals surface area contributed by atoms with E-state index in [2.05, 4.69) is 10.3 Å². The smallest absolute Gasteiger partial charge is 0.255 e. The number of methoxy groups -OCH3 is 1. The van der Waals surface area contributed by atoms with Crippen molar-refractivity contribution in [3.63, 3.8) is 0 Å². The Morgan fingerprint density at radius 1 is 0.936 bits per heavy atom. The molecule has 0 aliphatic rings. The Morgan fingerprint density at radius 2 is 1.57 bits per heavy atom. The molecule has 0 aliphatic heterocycles. The van der Waals surface area contributed by atoms with Crippen LogP contribution in [-0.4, -0.2) is 51.3 Å². The fraction of sp³-hybridized carbons (Fsp3) is 0.222. The van der Waals surface area contributed by atoms with Gasteiger partial charge in [-0.15, -0.1) is 0 Å². The van der Waals surface area contributed by atoms with Gasteiger partial charge in [-0.25, -0.2) is 17.8 Å². The largest absolute Gasteiger partial charge is 0.497 e. The van der Waals surface area contributed by atoms with E-state index in [-0.39, 0.29) is 11.3 Å². The third-order valence-corrected chi connectivity index (χ3v) is 8.60. The molecule has 0 atom stereocenters. The van der Waals surface area contributed by atoms with Crippen LogP contribution in [0.2, 0.25) is 0 Å². The number of hydrogen-bond donors (Lipinski definition) is 1. The number of halogens is 1.